The summed E-state index contributed by atoms with van der Waals surface area (Å²) in [5, 5.41) is 3.06. The lowest BCUT2D eigenvalue weighted by molar-refractivity contribution is 0.605. The first-order valence-electron chi connectivity index (χ1n) is 4.85. The van der Waals surface area contributed by atoms with Crippen LogP contribution in [0, 0.1) is 5.82 Å². The highest BCUT2D eigenvalue weighted by Gasteiger charge is 2.13. The molecule has 1 unspecified atom stereocenters. The fraction of sp³-hybridized carbons (Fsp3) is 0.182. The number of aromatic nitrogens is 3. The number of pyridine rings is 1. The predicted molar refractivity (Wildman–Crippen MR) is 57.1 cm³/mol. The number of halogens is 1. The van der Waals surface area contributed by atoms with Crippen LogP contribution in [0.1, 0.15) is 17.3 Å². The molecule has 5 heteroatoms. The van der Waals surface area contributed by atoms with Crippen molar-refractivity contribution in [3.8, 4) is 0 Å². The summed E-state index contributed by atoms with van der Waals surface area (Å²) in [5.74, 6) is -0.355. The smallest absolute Gasteiger partial charge is 0.141 e. The van der Waals surface area contributed by atoms with E-state index in [1.165, 1.54) is 18.6 Å². The van der Waals surface area contributed by atoms with E-state index in [2.05, 4.69) is 20.3 Å². The second kappa shape index (κ2) is 4.76. The number of hydrogen-bond acceptors (Lipinski definition) is 4. The summed E-state index contributed by atoms with van der Waals surface area (Å²) in [5.41, 5.74) is 1.52. The molecule has 2 aromatic rings. The summed E-state index contributed by atoms with van der Waals surface area (Å²) in [6, 6.07) is 3.05. The normalized spacial score (nSPS) is 12.4. The fourth-order valence-corrected chi connectivity index (χ4v) is 1.54. The highest BCUT2D eigenvalue weighted by molar-refractivity contribution is 5.24. The van der Waals surface area contributed by atoms with Crippen molar-refractivity contribution in [1.29, 1.82) is 0 Å². The molecular formula is C11H11FN4. The second-order valence-corrected chi connectivity index (χ2v) is 3.29. The lowest BCUT2D eigenvalue weighted by atomic mass is 10.1. The van der Waals surface area contributed by atoms with Crippen molar-refractivity contribution in [1.82, 2.24) is 20.3 Å². The van der Waals surface area contributed by atoms with Crippen LogP contribution in [0.25, 0.3) is 0 Å². The van der Waals surface area contributed by atoms with Gasteiger partial charge in [-0.25, -0.2) is 14.4 Å². The number of nitrogens with one attached hydrogen (secondary N) is 1. The minimum atomic E-state index is -0.355. The summed E-state index contributed by atoms with van der Waals surface area (Å²) in [6.07, 6.45) is 5.91. The average molecular weight is 218 g/mol. The van der Waals surface area contributed by atoms with Crippen LogP contribution < -0.4 is 5.32 Å². The van der Waals surface area contributed by atoms with Gasteiger partial charge in [-0.2, -0.15) is 0 Å². The van der Waals surface area contributed by atoms with Crippen molar-refractivity contribution in [3.63, 3.8) is 0 Å². The van der Waals surface area contributed by atoms with Crippen LogP contribution in [0.5, 0.6) is 0 Å². The lowest BCUT2D eigenvalue weighted by Crippen LogP contribution is -2.19. The molecule has 0 saturated carbocycles. The molecule has 2 rings (SSSR count). The van der Waals surface area contributed by atoms with Crippen LogP contribution in [0.2, 0.25) is 0 Å². The van der Waals surface area contributed by atoms with Gasteiger partial charge in [-0.05, 0) is 24.7 Å². The quantitative estimate of drug-likeness (QED) is 0.844. The van der Waals surface area contributed by atoms with E-state index in [4.69, 9.17) is 0 Å². The van der Waals surface area contributed by atoms with Gasteiger partial charge >= 0.3 is 0 Å². The molecule has 0 saturated heterocycles. The Morgan fingerprint density at radius 1 is 1.31 bits per heavy atom. The van der Waals surface area contributed by atoms with Gasteiger partial charge in [0, 0.05) is 12.4 Å². The SMILES string of the molecule is CNC(c1cncc(F)c1)c1ccncn1. The minimum Gasteiger partial charge on any atom is -0.308 e. The summed E-state index contributed by atoms with van der Waals surface area (Å²) in [4.78, 5) is 11.8. The Bertz CT molecular complexity index is 461. The van der Waals surface area contributed by atoms with Gasteiger partial charge in [0.05, 0.1) is 17.9 Å². The predicted octanol–water partition coefficient (Wildman–Crippen LogP) is 1.32. The molecule has 0 fully saturated rings. The van der Waals surface area contributed by atoms with Gasteiger partial charge in [0.15, 0.2) is 0 Å². The van der Waals surface area contributed by atoms with Crippen molar-refractivity contribution >= 4 is 0 Å². The maximum atomic E-state index is 13.1. The lowest BCUT2D eigenvalue weighted by Gasteiger charge is -2.15. The van der Waals surface area contributed by atoms with E-state index in [0.717, 1.165) is 11.3 Å². The number of nitrogens with zero attached hydrogens (tertiary/aromatic N) is 3. The summed E-state index contributed by atoms with van der Waals surface area (Å²) >= 11 is 0. The first kappa shape index (κ1) is 10.6. The Labute approximate surface area is 92.6 Å². The third kappa shape index (κ3) is 2.20. The maximum Gasteiger partial charge on any atom is 0.141 e. The molecular weight excluding hydrogens is 207 g/mol. The molecule has 1 atom stereocenters. The Kier molecular flexibility index (Phi) is 3.16. The van der Waals surface area contributed by atoms with Gasteiger partial charge in [0.1, 0.15) is 12.1 Å². The number of rotatable bonds is 3. The molecule has 0 spiro atoms. The monoisotopic (exact) mass is 218 g/mol. The van der Waals surface area contributed by atoms with Gasteiger partial charge in [-0.1, -0.05) is 0 Å². The van der Waals surface area contributed by atoms with E-state index < -0.39 is 0 Å². The standard InChI is InChI=1S/C11H11FN4/c1-13-11(10-2-3-14-7-16-10)8-4-9(12)6-15-5-8/h2-7,11,13H,1H3. The van der Waals surface area contributed by atoms with Gasteiger partial charge in [-0.3, -0.25) is 4.98 Å². The molecule has 0 aliphatic heterocycles. The van der Waals surface area contributed by atoms with E-state index in [1.807, 2.05) is 0 Å². The topological polar surface area (TPSA) is 50.7 Å². The fourth-order valence-electron chi connectivity index (χ4n) is 1.54. The second-order valence-electron chi connectivity index (χ2n) is 3.29. The summed E-state index contributed by atoms with van der Waals surface area (Å²) < 4.78 is 13.1. The van der Waals surface area contributed by atoms with E-state index in [-0.39, 0.29) is 11.9 Å². The highest BCUT2D eigenvalue weighted by atomic mass is 19.1. The van der Waals surface area contributed by atoms with Gasteiger partial charge in [-0.15, -0.1) is 0 Å². The molecule has 2 aromatic heterocycles. The van der Waals surface area contributed by atoms with E-state index in [0.29, 0.717) is 0 Å². The molecule has 0 aromatic carbocycles. The first-order chi connectivity index (χ1) is 7.81. The largest absolute Gasteiger partial charge is 0.308 e. The molecule has 0 radical (unpaired) electrons. The Balaban J connectivity index is 2.37. The number of hydrogen-bond donors (Lipinski definition) is 1. The van der Waals surface area contributed by atoms with E-state index in [9.17, 15) is 4.39 Å². The van der Waals surface area contributed by atoms with Crippen LogP contribution >= 0.6 is 0 Å². The molecule has 1 N–H and O–H groups in total. The zero-order valence-corrected chi connectivity index (χ0v) is 8.76. The van der Waals surface area contributed by atoms with Crippen LogP contribution in [-0.2, 0) is 0 Å². The molecule has 4 nitrogen and oxygen atoms in total. The molecule has 0 aliphatic rings. The molecule has 16 heavy (non-hydrogen) atoms. The maximum absolute atomic E-state index is 13.1. The van der Waals surface area contributed by atoms with Crippen molar-refractivity contribution in [2.24, 2.45) is 0 Å². The molecule has 82 valence electrons. The molecule has 0 bridgehead atoms. The Morgan fingerprint density at radius 2 is 2.19 bits per heavy atom. The molecule has 2 heterocycles. The zero-order valence-electron chi connectivity index (χ0n) is 8.76. The zero-order chi connectivity index (χ0) is 11.4. The molecule has 0 aliphatic carbocycles. The third-order valence-electron chi connectivity index (χ3n) is 2.25. The first-order valence-corrected chi connectivity index (χ1v) is 4.85. The van der Waals surface area contributed by atoms with Crippen molar-refractivity contribution in [3.05, 3.63) is 54.1 Å². The van der Waals surface area contributed by atoms with E-state index in [1.54, 1.807) is 25.5 Å². The van der Waals surface area contributed by atoms with Crippen LogP contribution in [0.4, 0.5) is 4.39 Å². The van der Waals surface area contributed by atoms with Crippen LogP contribution in [0.15, 0.2) is 37.1 Å². The Hall–Kier alpha value is -1.88. The van der Waals surface area contributed by atoms with Crippen LogP contribution in [-0.4, -0.2) is 22.0 Å². The van der Waals surface area contributed by atoms with Crippen molar-refractivity contribution in [2.45, 2.75) is 6.04 Å². The molecule has 0 amide bonds. The van der Waals surface area contributed by atoms with Gasteiger partial charge in [0.25, 0.3) is 0 Å². The Morgan fingerprint density at radius 3 is 2.81 bits per heavy atom. The van der Waals surface area contributed by atoms with Crippen molar-refractivity contribution < 1.29 is 4.39 Å². The highest BCUT2D eigenvalue weighted by Crippen LogP contribution is 2.18. The van der Waals surface area contributed by atoms with Crippen LogP contribution in [0.3, 0.4) is 0 Å². The third-order valence-corrected chi connectivity index (χ3v) is 2.25. The average Bonchev–Trinajstić information content (AvgIpc) is 2.31. The summed E-state index contributed by atoms with van der Waals surface area (Å²) in [6.45, 7) is 0. The van der Waals surface area contributed by atoms with E-state index >= 15 is 0 Å². The van der Waals surface area contributed by atoms with Crippen molar-refractivity contribution in [2.75, 3.05) is 7.05 Å². The van der Waals surface area contributed by atoms with Gasteiger partial charge < -0.3 is 5.32 Å². The summed E-state index contributed by atoms with van der Waals surface area (Å²) in [7, 11) is 1.79. The van der Waals surface area contributed by atoms with Gasteiger partial charge in [0.2, 0.25) is 0 Å². The minimum absolute atomic E-state index is 0.175.